The number of pyridine rings is 1. The summed E-state index contributed by atoms with van der Waals surface area (Å²) in [5.41, 5.74) is 0.729. The molecule has 49 heavy (non-hydrogen) atoms. The number of nitrogens with zero attached hydrogens (tertiary/aromatic N) is 6. The van der Waals surface area contributed by atoms with E-state index in [9.17, 15) is 9.59 Å². The van der Waals surface area contributed by atoms with E-state index in [1.54, 1.807) is 6.20 Å². The van der Waals surface area contributed by atoms with Gasteiger partial charge < -0.3 is 24.5 Å². The molecule has 3 aliphatic heterocycles. The maximum Gasteiger partial charge on any atom is 0.245 e. The van der Waals surface area contributed by atoms with E-state index in [-0.39, 0.29) is 47.1 Å². The zero-order valence-corrected chi connectivity index (χ0v) is 31.0. The number of piperazine rings is 1. The highest BCUT2D eigenvalue weighted by molar-refractivity contribution is 6.30. The average molecular weight is 691 g/mol. The largest absolute Gasteiger partial charge is 0.355 e. The Labute approximate surface area is 297 Å². The zero-order chi connectivity index (χ0) is 35.1. The molecule has 4 fully saturated rings. The van der Waals surface area contributed by atoms with Gasteiger partial charge in [0.15, 0.2) is 0 Å². The molecule has 4 atom stereocenters. The Morgan fingerprint density at radius 2 is 1.55 bits per heavy atom. The fraction of sp³-hybridized carbons (Fsp3) is 0.641. The summed E-state index contributed by atoms with van der Waals surface area (Å²) in [5, 5.41) is 0.654. The van der Waals surface area contributed by atoms with Crippen LogP contribution in [0, 0.1) is 16.7 Å². The average Bonchev–Trinajstić information content (AvgIpc) is 3.72. The van der Waals surface area contributed by atoms with Crippen molar-refractivity contribution < 1.29 is 14.4 Å². The number of hydrogen-bond donors (Lipinski definition) is 0. The number of rotatable bonds is 6. The van der Waals surface area contributed by atoms with E-state index in [0.29, 0.717) is 44.2 Å². The Hall–Kier alpha value is -3.17. The highest BCUT2D eigenvalue weighted by Crippen LogP contribution is 2.42. The third-order valence-electron chi connectivity index (χ3n) is 11.5. The number of carbonyl (C=O) groups is 3. The van der Waals surface area contributed by atoms with Crippen molar-refractivity contribution in [3.8, 4) is 0 Å². The second-order valence-corrected chi connectivity index (χ2v) is 17.2. The first-order valence-corrected chi connectivity index (χ1v) is 18.6. The molecule has 3 amide bonds. The molecule has 4 heterocycles. The van der Waals surface area contributed by atoms with Gasteiger partial charge in [-0.2, -0.15) is 0 Å². The Morgan fingerprint density at radius 3 is 2.16 bits per heavy atom. The monoisotopic (exact) mass is 690 g/mol. The number of aromatic nitrogens is 1. The summed E-state index contributed by atoms with van der Waals surface area (Å²) in [6.45, 7) is 15.0. The van der Waals surface area contributed by atoms with Crippen LogP contribution in [0.3, 0.4) is 0 Å². The molecule has 4 aliphatic rings. The van der Waals surface area contributed by atoms with E-state index in [1.807, 2.05) is 73.0 Å². The normalized spacial score (nSPS) is 26.6. The molecule has 0 radical (unpaired) electrons. The maximum absolute atomic E-state index is 15.1. The minimum absolute atomic E-state index is 0.0127. The first-order chi connectivity index (χ1) is 23.2. The maximum atomic E-state index is 15.1. The fourth-order valence-corrected chi connectivity index (χ4v) is 8.58. The number of hydrogen-bond acceptors (Lipinski definition) is 6. The van der Waals surface area contributed by atoms with Gasteiger partial charge in [-0.3, -0.25) is 14.4 Å². The van der Waals surface area contributed by atoms with Crippen LogP contribution in [-0.4, -0.2) is 113 Å². The Kier molecular flexibility index (Phi) is 10.3. The number of anilines is 1. The summed E-state index contributed by atoms with van der Waals surface area (Å²) in [7, 11) is 2.08. The van der Waals surface area contributed by atoms with E-state index in [0.717, 1.165) is 50.2 Å². The van der Waals surface area contributed by atoms with Crippen LogP contribution in [0.2, 0.25) is 5.02 Å². The molecule has 9 nitrogen and oxygen atoms in total. The Morgan fingerprint density at radius 1 is 0.878 bits per heavy atom. The van der Waals surface area contributed by atoms with Crippen molar-refractivity contribution in [1.29, 1.82) is 0 Å². The number of carbonyl (C=O) groups excluding carboxylic acids is 3. The molecule has 1 aliphatic carbocycles. The molecule has 0 N–H and O–H groups in total. The topological polar surface area (TPSA) is 80.3 Å². The molecule has 3 saturated heterocycles. The van der Waals surface area contributed by atoms with Crippen LogP contribution >= 0.6 is 11.6 Å². The minimum Gasteiger partial charge on any atom is -0.355 e. The summed E-state index contributed by atoms with van der Waals surface area (Å²) >= 11 is 6.29. The quantitative estimate of drug-likeness (QED) is 0.396. The van der Waals surface area contributed by atoms with E-state index in [1.165, 1.54) is 0 Å². The van der Waals surface area contributed by atoms with Crippen LogP contribution in [0.4, 0.5) is 5.82 Å². The van der Waals surface area contributed by atoms with Crippen LogP contribution in [0.1, 0.15) is 78.2 Å². The van der Waals surface area contributed by atoms with Crippen molar-refractivity contribution in [2.24, 2.45) is 16.7 Å². The van der Waals surface area contributed by atoms with Crippen molar-refractivity contribution >= 4 is 35.1 Å². The van der Waals surface area contributed by atoms with Gasteiger partial charge >= 0.3 is 0 Å². The summed E-state index contributed by atoms with van der Waals surface area (Å²) in [6, 6.07) is 12.9. The lowest BCUT2D eigenvalue weighted by molar-refractivity contribution is -0.147. The molecule has 2 aromatic rings. The first-order valence-electron chi connectivity index (χ1n) is 18.2. The lowest BCUT2D eigenvalue weighted by Gasteiger charge is -2.45. The SMILES string of the molecule is CN1CCN(C(=O)[C@@H]2C[C@H](N(C(=O)C(C)(C)C)C3CCC(C)(C)CC3)CN2C(=O)[C@@H]2CN(c3ccccn3)C[C@H]2c2ccc(Cl)cc2)CC1. The van der Waals surface area contributed by atoms with Gasteiger partial charge in [-0.25, -0.2) is 4.98 Å². The fourth-order valence-electron chi connectivity index (χ4n) is 8.45. The van der Waals surface area contributed by atoms with Gasteiger partial charge in [0.1, 0.15) is 11.9 Å². The molecule has 266 valence electrons. The van der Waals surface area contributed by atoms with Gasteiger partial charge in [-0.1, -0.05) is 64.4 Å². The van der Waals surface area contributed by atoms with Gasteiger partial charge in [-0.15, -0.1) is 0 Å². The van der Waals surface area contributed by atoms with Gasteiger partial charge in [0, 0.05) is 74.4 Å². The summed E-state index contributed by atoms with van der Waals surface area (Å²) in [6.07, 6.45) is 6.25. The van der Waals surface area contributed by atoms with E-state index in [4.69, 9.17) is 11.6 Å². The number of amides is 3. The Balaban J connectivity index is 1.34. The highest BCUT2D eigenvalue weighted by Gasteiger charge is 2.51. The number of likely N-dealkylation sites (N-methyl/N-ethyl adjacent to an activating group) is 1. The van der Waals surface area contributed by atoms with Gasteiger partial charge in [0.2, 0.25) is 17.7 Å². The Bertz CT molecular complexity index is 1480. The van der Waals surface area contributed by atoms with Gasteiger partial charge in [-0.05, 0) is 74.4 Å². The predicted molar refractivity (Wildman–Crippen MR) is 194 cm³/mol. The van der Waals surface area contributed by atoms with Crippen LogP contribution in [0.15, 0.2) is 48.7 Å². The van der Waals surface area contributed by atoms with Crippen molar-refractivity contribution in [3.05, 3.63) is 59.2 Å². The third-order valence-corrected chi connectivity index (χ3v) is 11.8. The molecule has 0 spiro atoms. The van der Waals surface area contributed by atoms with Crippen molar-refractivity contribution in [2.75, 3.05) is 57.8 Å². The van der Waals surface area contributed by atoms with Crippen LogP contribution < -0.4 is 4.90 Å². The van der Waals surface area contributed by atoms with Crippen molar-refractivity contribution in [3.63, 3.8) is 0 Å². The molecular weight excluding hydrogens is 636 g/mol. The highest BCUT2D eigenvalue weighted by atomic mass is 35.5. The third kappa shape index (κ3) is 7.78. The molecule has 1 aromatic heterocycles. The lowest BCUT2D eigenvalue weighted by Crippen LogP contribution is -2.54. The van der Waals surface area contributed by atoms with Crippen LogP contribution in [0.5, 0.6) is 0 Å². The lowest BCUT2D eigenvalue weighted by atomic mass is 9.74. The number of likely N-dealkylation sites (tertiary alicyclic amines) is 1. The van der Waals surface area contributed by atoms with Crippen LogP contribution in [-0.2, 0) is 14.4 Å². The second-order valence-electron chi connectivity index (χ2n) is 16.7. The van der Waals surface area contributed by atoms with E-state index < -0.39 is 11.5 Å². The second kappa shape index (κ2) is 14.2. The molecule has 1 saturated carbocycles. The van der Waals surface area contributed by atoms with E-state index >= 15 is 4.79 Å². The number of halogens is 1. The smallest absolute Gasteiger partial charge is 0.245 e. The first kappa shape index (κ1) is 35.6. The van der Waals surface area contributed by atoms with E-state index in [2.05, 4.69) is 40.6 Å². The predicted octanol–water partition coefficient (Wildman–Crippen LogP) is 5.54. The molecule has 0 bridgehead atoms. The summed E-state index contributed by atoms with van der Waals surface area (Å²) in [4.78, 5) is 58.9. The van der Waals surface area contributed by atoms with Gasteiger partial charge in [0.25, 0.3) is 0 Å². The van der Waals surface area contributed by atoms with Gasteiger partial charge in [0.05, 0.1) is 12.0 Å². The van der Waals surface area contributed by atoms with Crippen LogP contribution in [0.25, 0.3) is 0 Å². The van der Waals surface area contributed by atoms with Crippen molar-refractivity contribution in [2.45, 2.75) is 90.8 Å². The molecular formula is C39H55ClN6O3. The summed E-state index contributed by atoms with van der Waals surface area (Å²) < 4.78 is 0. The molecule has 0 unspecified atom stereocenters. The standard InChI is InChI=1S/C39H55ClN6O3/c1-38(2,3)37(49)46(29-14-16-39(4,5)17-15-29)30-23-33(36(48)43-21-19-42(6)20-22-43)45(24-30)35(47)32-26-44(34-9-7-8-18-41-34)25-31(32)27-10-12-28(40)13-11-27/h7-13,18,29-33H,14-17,19-26H2,1-6H3/t30-,31-,32+,33-/m0/s1. The van der Waals surface area contributed by atoms with Crippen molar-refractivity contribution in [1.82, 2.24) is 24.6 Å². The zero-order valence-electron chi connectivity index (χ0n) is 30.3. The minimum atomic E-state index is -0.606. The molecule has 6 rings (SSSR count). The molecule has 10 heteroatoms. The number of benzene rings is 1. The molecule has 1 aromatic carbocycles. The summed E-state index contributed by atoms with van der Waals surface area (Å²) in [5.74, 6) is 0.470.